The predicted octanol–water partition coefficient (Wildman–Crippen LogP) is -0.853. The minimum atomic E-state index is -3.82. The summed E-state index contributed by atoms with van der Waals surface area (Å²) in [5.41, 5.74) is 0.335. The smallest absolute Gasteiger partial charge is 0.244 e. The van der Waals surface area contributed by atoms with Crippen LogP contribution in [0.1, 0.15) is 12.0 Å². The van der Waals surface area contributed by atoms with Crippen molar-refractivity contribution in [2.24, 2.45) is 0 Å². The lowest BCUT2D eigenvalue weighted by atomic mass is 10.2. The summed E-state index contributed by atoms with van der Waals surface area (Å²) < 4.78 is 26.2. The molecule has 1 aliphatic rings. The van der Waals surface area contributed by atoms with E-state index in [1.54, 1.807) is 18.2 Å². The predicted molar refractivity (Wildman–Crippen MR) is 75.8 cm³/mol. The molecule has 114 valence electrons. The normalized spacial score (nSPS) is 22.8. The number of sulfonamides is 1. The van der Waals surface area contributed by atoms with E-state index in [0.29, 0.717) is 5.56 Å². The number of rotatable bonds is 3. The minimum Gasteiger partial charge on any atom is -0.395 e. The third-order valence-corrected chi connectivity index (χ3v) is 5.08. The Morgan fingerprint density at radius 3 is 2.43 bits per heavy atom. The van der Waals surface area contributed by atoms with E-state index in [-0.39, 0.29) is 31.0 Å². The molecule has 2 unspecified atom stereocenters. The molecule has 21 heavy (non-hydrogen) atoms. The van der Waals surface area contributed by atoms with Crippen LogP contribution in [-0.2, 0) is 10.0 Å². The van der Waals surface area contributed by atoms with Gasteiger partial charge in [0.2, 0.25) is 10.0 Å². The standard InChI is InChI=1S/C14H17NO5S/c16-8-4-3-6-11-5-1-2-7-14(11)21(19,20)15-9-12(17)13(18)10-15/h1-2,5,7,12-13,16-18H,4,8-10H2. The molecule has 1 aliphatic heterocycles. The van der Waals surface area contributed by atoms with Crippen LogP contribution in [0.4, 0.5) is 0 Å². The molecular formula is C14H17NO5S. The first kappa shape index (κ1) is 15.9. The molecule has 1 heterocycles. The van der Waals surface area contributed by atoms with Gasteiger partial charge >= 0.3 is 0 Å². The van der Waals surface area contributed by atoms with Crippen LogP contribution in [0.2, 0.25) is 0 Å². The summed E-state index contributed by atoms with van der Waals surface area (Å²) in [5.74, 6) is 5.42. The fourth-order valence-corrected chi connectivity index (χ4v) is 3.70. The van der Waals surface area contributed by atoms with Gasteiger partial charge in [-0.15, -0.1) is 0 Å². The van der Waals surface area contributed by atoms with Crippen molar-refractivity contribution < 1.29 is 23.7 Å². The van der Waals surface area contributed by atoms with Gasteiger partial charge in [0.1, 0.15) is 0 Å². The van der Waals surface area contributed by atoms with Crippen LogP contribution >= 0.6 is 0 Å². The molecule has 1 fully saturated rings. The Morgan fingerprint density at radius 1 is 1.19 bits per heavy atom. The van der Waals surface area contributed by atoms with Crippen molar-refractivity contribution in [2.75, 3.05) is 19.7 Å². The zero-order valence-electron chi connectivity index (χ0n) is 11.3. The molecule has 1 aromatic carbocycles. The van der Waals surface area contributed by atoms with Crippen LogP contribution < -0.4 is 0 Å². The molecule has 0 saturated carbocycles. The molecule has 2 atom stereocenters. The number of β-amino-alcohol motifs (C(OH)–C–C–N with tert-alkyl or cyclic N) is 2. The highest BCUT2D eigenvalue weighted by molar-refractivity contribution is 7.89. The number of hydrogen-bond donors (Lipinski definition) is 3. The highest BCUT2D eigenvalue weighted by atomic mass is 32.2. The number of nitrogens with zero attached hydrogens (tertiary/aromatic N) is 1. The monoisotopic (exact) mass is 311 g/mol. The molecule has 6 nitrogen and oxygen atoms in total. The Morgan fingerprint density at radius 2 is 1.81 bits per heavy atom. The van der Waals surface area contributed by atoms with Crippen molar-refractivity contribution in [1.29, 1.82) is 0 Å². The van der Waals surface area contributed by atoms with E-state index in [2.05, 4.69) is 11.8 Å². The third-order valence-electron chi connectivity index (χ3n) is 3.19. The maximum atomic E-state index is 12.6. The number of hydrogen-bond acceptors (Lipinski definition) is 5. The van der Waals surface area contributed by atoms with Crippen molar-refractivity contribution in [3.8, 4) is 11.8 Å². The van der Waals surface area contributed by atoms with Crippen LogP contribution in [0.5, 0.6) is 0 Å². The van der Waals surface area contributed by atoms with E-state index in [1.165, 1.54) is 6.07 Å². The summed E-state index contributed by atoms with van der Waals surface area (Å²) in [5, 5.41) is 27.7. The lowest BCUT2D eigenvalue weighted by Gasteiger charge is -2.16. The average Bonchev–Trinajstić information content (AvgIpc) is 2.80. The number of aliphatic hydroxyl groups excluding tert-OH is 3. The van der Waals surface area contributed by atoms with E-state index in [9.17, 15) is 18.6 Å². The zero-order valence-corrected chi connectivity index (χ0v) is 12.1. The maximum Gasteiger partial charge on any atom is 0.244 e. The summed E-state index contributed by atoms with van der Waals surface area (Å²) in [7, 11) is -3.82. The molecule has 2 rings (SSSR count). The van der Waals surface area contributed by atoms with E-state index in [1.807, 2.05) is 0 Å². The molecule has 1 aromatic rings. The lowest BCUT2D eigenvalue weighted by Crippen LogP contribution is -2.30. The average molecular weight is 311 g/mol. The fraction of sp³-hybridized carbons (Fsp3) is 0.429. The third kappa shape index (κ3) is 3.43. The van der Waals surface area contributed by atoms with Gasteiger partial charge in [-0.3, -0.25) is 0 Å². The first-order valence-electron chi connectivity index (χ1n) is 6.52. The number of aliphatic hydroxyl groups is 3. The lowest BCUT2D eigenvalue weighted by molar-refractivity contribution is 0.0572. The summed E-state index contributed by atoms with van der Waals surface area (Å²) in [6.45, 7) is -0.365. The largest absolute Gasteiger partial charge is 0.395 e. The van der Waals surface area contributed by atoms with Crippen LogP contribution in [0.25, 0.3) is 0 Å². The Hall–Kier alpha value is -1.43. The van der Waals surface area contributed by atoms with Gasteiger partial charge < -0.3 is 15.3 Å². The molecule has 0 spiro atoms. The Kier molecular flexibility index (Phi) is 4.98. The quantitative estimate of drug-likeness (QED) is 0.632. The Balaban J connectivity index is 2.35. The highest BCUT2D eigenvalue weighted by Gasteiger charge is 2.38. The van der Waals surface area contributed by atoms with Gasteiger partial charge in [-0.1, -0.05) is 24.0 Å². The van der Waals surface area contributed by atoms with Crippen LogP contribution in [-0.4, -0.2) is 59.9 Å². The van der Waals surface area contributed by atoms with Crippen molar-refractivity contribution >= 4 is 10.0 Å². The second-order valence-corrected chi connectivity index (χ2v) is 6.63. The SMILES string of the molecule is O=S(=O)(c1ccccc1C#CCCO)N1CC(O)C(O)C1. The van der Waals surface area contributed by atoms with Crippen molar-refractivity contribution in [1.82, 2.24) is 4.31 Å². The Bertz CT molecular complexity index is 651. The van der Waals surface area contributed by atoms with E-state index < -0.39 is 22.2 Å². The molecule has 0 aliphatic carbocycles. The van der Waals surface area contributed by atoms with Crippen molar-refractivity contribution in [3.63, 3.8) is 0 Å². The molecule has 1 saturated heterocycles. The van der Waals surface area contributed by atoms with Gasteiger partial charge in [-0.2, -0.15) is 4.31 Å². The van der Waals surface area contributed by atoms with E-state index in [4.69, 9.17) is 5.11 Å². The van der Waals surface area contributed by atoms with Gasteiger partial charge in [0.25, 0.3) is 0 Å². The van der Waals surface area contributed by atoms with Gasteiger partial charge in [0.05, 0.1) is 23.7 Å². The molecule has 0 amide bonds. The van der Waals surface area contributed by atoms with E-state index in [0.717, 1.165) is 4.31 Å². The summed E-state index contributed by atoms with van der Waals surface area (Å²) >= 11 is 0. The molecule has 0 radical (unpaired) electrons. The van der Waals surface area contributed by atoms with Gasteiger partial charge in [-0.25, -0.2) is 8.42 Å². The maximum absolute atomic E-state index is 12.6. The Labute approximate surface area is 123 Å². The van der Waals surface area contributed by atoms with Crippen LogP contribution in [0.15, 0.2) is 29.2 Å². The van der Waals surface area contributed by atoms with Gasteiger partial charge in [0.15, 0.2) is 0 Å². The zero-order chi connectivity index (χ0) is 15.5. The fourth-order valence-electron chi connectivity index (χ4n) is 2.08. The van der Waals surface area contributed by atoms with Crippen LogP contribution in [0.3, 0.4) is 0 Å². The second-order valence-electron chi connectivity index (χ2n) is 4.73. The highest BCUT2D eigenvalue weighted by Crippen LogP contribution is 2.23. The van der Waals surface area contributed by atoms with Crippen LogP contribution in [0, 0.1) is 11.8 Å². The minimum absolute atomic E-state index is 0.0386. The summed E-state index contributed by atoms with van der Waals surface area (Å²) in [6, 6.07) is 6.29. The molecule has 0 aromatic heterocycles. The number of benzene rings is 1. The summed E-state index contributed by atoms with van der Waals surface area (Å²) in [6.07, 6.45) is -1.89. The molecular weight excluding hydrogens is 294 g/mol. The molecule has 0 bridgehead atoms. The first-order valence-corrected chi connectivity index (χ1v) is 7.96. The van der Waals surface area contributed by atoms with Crippen molar-refractivity contribution in [3.05, 3.63) is 29.8 Å². The molecule has 3 N–H and O–H groups in total. The first-order chi connectivity index (χ1) is 9.96. The van der Waals surface area contributed by atoms with Gasteiger partial charge in [-0.05, 0) is 12.1 Å². The summed E-state index contributed by atoms with van der Waals surface area (Å²) in [4.78, 5) is 0.0386. The van der Waals surface area contributed by atoms with E-state index >= 15 is 0 Å². The van der Waals surface area contributed by atoms with Crippen molar-refractivity contribution in [2.45, 2.75) is 23.5 Å². The molecule has 7 heteroatoms. The topological polar surface area (TPSA) is 98.1 Å². The van der Waals surface area contributed by atoms with Gasteiger partial charge in [0, 0.05) is 25.1 Å². The second kappa shape index (κ2) is 6.56.